The van der Waals surface area contributed by atoms with E-state index < -0.39 is 5.54 Å². The Balaban J connectivity index is 2.11. The Bertz CT molecular complexity index is 633. The van der Waals surface area contributed by atoms with Gasteiger partial charge in [0.05, 0.1) is 0 Å². The van der Waals surface area contributed by atoms with Gasteiger partial charge in [0.1, 0.15) is 5.54 Å². The average Bonchev–Trinajstić information content (AvgIpc) is 2.69. The molecule has 1 aromatic carbocycles. The van der Waals surface area contributed by atoms with Gasteiger partial charge in [-0.25, -0.2) is 4.90 Å². The summed E-state index contributed by atoms with van der Waals surface area (Å²) >= 11 is 5.49. The Morgan fingerprint density at radius 3 is 2.27 bits per heavy atom. The van der Waals surface area contributed by atoms with E-state index in [4.69, 9.17) is 12.2 Å². The summed E-state index contributed by atoms with van der Waals surface area (Å²) in [5, 5.41) is 0.322. The van der Waals surface area contributed by atoms with Gasteiger partial charge in [-0.2, -0.15) is 0 Å². The molecule has 0 unspecified atom stereocenters. The first kappa shape index (κ1) is 15.2. The molecule has 0 aromatic heterocycles. The van der Waals surface area contributed by atoms with Crippen LogP contribution in [0.2, 0.25) is 0 Å². The number of thiocarbonyl (C=S) groups is 1. The molecule has 0 bridgehead atoms. The lowest BCUT2D eigenvalue weighted by Gasteiger charge is -2.39. The largest absolute Gasteiger partial charge is 0.303 e. The van der Waals surface area contributed by atoms with E-state index in [9.17, 15) is 9.59 Å². The third kappa shape index (κ3) is 2.15. The molecular weight excluding hydrogens is 296 g/mol. The fourth-order valence-electron chi connectivity index (χ4n) is 3.58. The number of aryl methyl sites for hydroxylation is 1. The number of rotatable bonds is 1. The minimum Gasteiger partial charge on any atom is -0.303 e. The summed E-state index contributed by atoms with van der Waals surface area (Å²) in [6.45, 7) is 3.43. The molecule has 4 nitrogen and oxygen atoms in total. The van der Waals surface area contributed by atoms with Gasteiger partial charge in [-0.15, -0.1) is 0 Å². The smallest absolute Gasteiger partial charge is 0.261 e. The topological polar surface area (TPSA) is 40.6 Å². The maximum atomic E-state index is 13.0. The highest BCUT2D eigenvalue weighted by Gasteiger charge is 2.57. The number of hydrogen-bond acceptors (Lipinski definition) is 3. The number of carbonyl (C=O) groups is 2. The summed E-state index contributed by atoms with van der Waals surface area (Å²) in [5.41, 5.74) is 1.38. The van der Waals surface area contributed by atoms with Crippen molar-refractivity contribution >= 4 is 34.8 Å². The maximum absolute atomic E-state index is 13.0. The molecule has 1 aliphatic heterocycles. The van der Waals surface area contributed by atoms with Crippen LogP contribution in [0, 0.1) is 6.92 Å². The van der Waals surface area contributed by atoms with Crippen molar-refractivity contribution in [1.29, 1.82) is 0 Å². The van der Waals surface area contributed by atoms with Crippen LogP contribution in [0.3, 0.4) is 0 Å². The van der Waals surface area contributed by atoms with Crippen molar-refractivity contribution in [3.63, 3.8) is 0 Å². The zero-order chi connectivity index (χ0) is 15.9. The van der Waals surface area contributed by atoms with Gasteiger partial charge in [0, 0.05) is 12.6 Å². The maximum Gasteiger partial charge on any atom is 0.261 e. The minimum absolute atomic E-state index is 0.148. The molecule has 1 saturated carbocycles. The predicted octanol–water partition coefficient (Wildman–Crippen LogP) is 3.18. The van der Waals surface area contributed by atoms with E-state index in [1.54, 1.807) is 0 Å². The third-order valence-electron chi connectivity index (χ3n) is 4.70. The predicted molar refractivity (Wildman–Crippen MR) is 89.6 cm³/mol. The normalized spacial score (nSPS) is 20.8. The van der Waals surface area contributed by atoms with Gasteiger partial charge in [0.2, 0.25) is 5.91 Å². The molecule has 2 aliphatic rings. The van der Waals surface area contributed by atoms with E-state index in [1.165, 1.54) is 11.8 Å². The van der Waals surface area contributed by atoms with Crippen molar-refractivity contribution in [2.75, 3.05) is 4.90 Å². The molecule has 0 N–H and O–H groups in total. The van der Waals surface area contributed by atoms with Crippen LogP contribution in [0.4, 0.5) is 5.69 Å². The Kier molecular flexibility index (Phi) is 3.77. The minimum atomic E-state index is -0.670. The van der Waals surface area contributed by atoms with E-state index in [0.717, 1.165) is 43.4 Å². The fourth-order valence-corrected chi connectivity index (χ4v) is 4.07. The lowest BCUT2D eigenvalue weighted by atomic mass is 9.80. The van der Waals surface area contributed by atoms with Crippen LogP contribution < -0.4 is 4.90 Å². The summed E-state index contributed by atoms with van der Waals surface area (Å²) < 4.78 is 0. The SMILES string of the molecule is CC(=O)N1C(=O)C2(CCCCC2)N(c2ccc(C)cc2)C1=S. The quantitative estimate of drug-likeness (QED) is 0.746. The molecule has 116 valence electrons. The molecule has 2 fully saturated rings. The van der Waals surface area contributed by atoms with E-state index in [-0.39, 0.29) is 11.8 Å². The van der Waals surface area contributed by atoms with Gasteiger partial charge >= 0.3 is 0 Å². The Hall–Kier alpha value is -1.75. The third-order valence-corrected chi connectivity index (χ3v) is 5.06. The van der Waals surface area contributed by atoms with Gasteiger partial charge in [-0.05, 0) is 44.1 Å². The molecular formula is C17H20N2O2S. The lowest BCUT2D eigenvalue weighted by Crippen LogP contribution is -2.51. The molecule has 22 heavy (non-hydrogen) atoms. The summed E-state index contributed by atoms with van der Waals surface area (Å²) in [6.07, 6.45) is 4.61. The zero-order valence-electron chi connectivity index (χ0n) is 13.0. The van der Waals surface area contributed by atoms with Crippen LogP contribution in [-0.2, 0) is 9.59 Å². The summed E-state index contributed by atoms with van der Waals surface area (Å²) in [7, 11) is 0. The molecule has 1 aromatic rings. The number of amides is 2. The Morgan fingerprint density at radius 2 is 1.73 bits per heavy atom. The lowest BCUT2D eigenvalue weighted by molar-refractivity contribution is -0.140. The highest BCUT2D eigenvalue weighted by Crippen LogP contribution is 2.43. The van der Waals surface area contributed by atoms with Crippen LogP contribution in [0.25, 0.3) is 0 Å². The van der Waals surface area contributed by atoms with Crippen molar-refractivity contribution in [1.82, 2.24) is 4.90 Å². The van der Waals surface area contributed by atoms with Crippen molar-refractivity contribution in [2.24, 2.45) is 0 Å². The summed E-state index contributed by atoms with van der Waals surface area (Å²) in [4.78, 5) is 28.0. The summed E-state index contributed by atoms with van der Waals surface area (Å²) in [6, 6.07) is 7.98. The number of imide groups is 1. The molecule has 1 aliphatic carbocycles. The number of anilines is 1. The highest BCUT2D eigenvalue weighted by molar-refractivity contribution is 7.80. The first-order valence-corrected chi connectivity index (χ1v) is 8.14. The van der Waals surface area contributed by atoms with Crippen molar-refractivity contribution in [2.45, 2.75) is 51.5 Å². The monoisotopic (exact) mass is 316 g/mol. The van der Waals surface area contributed by atoms with Gasteiger partial charge in [0.25, 0.3) is 5.91 Å². The van der Waals surface area contributed by atoms with Gasteiger partial charge in [0.15, 0.2) is 5.11 Å². The number of benzene rings is 1. The number of carbonyl (C=O) groups excluding carboxylic acids is 2. The van der Waals surface area contributed by atoms with Gasteiger partial charge in [-0.3, -0.25) is 9.59 Å². The van der Waals surface area contributed by atoms with Crippen LogP contribution in [0.15, 0.2) is 24.3 Å². The molecule has 3 rings (SSSR count). The Labute approximate surface area is 136 Å². The molecule has 0 radical (unpaired) electrons. The molecule has 0 atom stereocenters. The van der Waals surface area contributed by atoms with E-state index in [1.807, 2.05) is 36.1 Å². The summed E-state index contributed by atoms with van der Waals surface area (Å²) in [5.74, 6) is -0.445. The van der Waals surface area contributed by atoms with Crippen molar-refractivity contribution < 1.29 is 9.59 Å². The molecule has 5 heteroatoms. The molecule has 2 amide bonds. The Morgan fingerprint density at radius 1 is 1.14 bits per heavy atom. The molecule has 1 spiro atoms. The van der Waals surface area contributed by atoms with Crippen molar-refractivity contribution in [3.05, 3.63) is 29.8 Å². The second kappa shape index (κ2) is 5.47. The zero-order valence-corrected chi connectivity index (χ0v) is 13.8. The van der Waals surface area contributed by atoms with Crippen LogP contribution in [-0.4, -0.2) is 27.4 Å². The average molecular weight is 316 g/mol. The van der Waals surface area contributed by atoms with Crippen LogP contribution in [0.5, 0.6) is 0 Å². The van der Waals surface area contributed by atoms with E-state index >= 15 is 0 Å². The van der Waals surface area contributed by atoms with E-state index in [2.05, 4.69) is 0 Å². The number of nitrogens with zero attached hydrogens (tertiary/aromatic N) is 2. The highest BCUT2D eigenvalue weighted by atomic mass is 32.1. The van der Waals surface area contributed by atoms with Crippen LogP contribution in [0.1, 0.15) is 44.6 Å². The van der Waals surface area contributed by atoms with Crippen molar-refractivity contribution in [3.8, 4) is 0 Å². The standard InChI is InChI=1S/C17H20N2O2S/c1-12-6-8-14(9-7-12)19-16(22)18(13(2)20)15(21)17(19)10-4-3-5-11-17/h6-9H,3-5,10-11H2,1-2H3. The molecule has 1 heterocycles. The molecule has 1 saturated heterocycles. The second-order valence-corrected chi connectivity index (χ2v) is 6.57. The first-order valence-electron chi connectivity index (χ1n) is 7.73. The number of hydrogen-bond donors (Lipinski definition) is 0. The van der Waals surface area contributed by atoms with Gasteiger partial charge in [-0.1, -0.05) is 37.0 Å². The second-order valence-electron chi connectivity index (χ2n) is 6.21. The first-order chi connectivity index (χ1) is 10.5. The van der Waals surface area contributed by atoms with Crippen LogP contribution >= 0.6 is 12.2 Å². The fraction of sp³-hybridized carbons (Fsp3) is 0.471. The van der Waals surface area contributed by atoms with E-state index in [0.29, 0.717) is 5.11 Å². The van der Waals surface area contributed by atoms with Gasteiger partial charge < -0.3 is 4.90 Å².